The van der Waals surface area contributed by atoms with Crippen LogP contribution >= 0.6 is 0 Å². The molecular formula is C12H25N3O. The highest BCUT2D eigenvalue weighted by atomic mass is 16.2. The Morgan fingerprint density at radius 2 is 2.25 bits per heavy atom. The van der Waals surface area contributed by atoms with E-state index in [1.165, 1.54) is 0 Å². The van der Waals surface area contributed by atoms with E-state index in [-0.39, 0.29) is 11.3 Å². The lowest BCUT2D eigenvalue weighted by Gasteiger charge is -2.26. The quantitative estimate of drug-likeness (QED) is 0.692. The van der Waals surface area contributed by atoms with E-state index in [0.29, 0.717) is 0 Å². The molecule has 0 saturated carbocycles. The Balaban J connectivity index is 2.42. The van der Waals surface area contributed by atoms with Gasteiger partial charge in [0.15, 0.2) is 0 Å². The van der Waals surface area contributed by atoms with E-state index in [1.54, 1.807) is 0 Å². The van der Waals surface area contributed by atoms with Crippen molar-refractivity contribution >= 4 is 5.91 Å². The second-order valence-electron chi connectivity index (χ2n) is 5.02. The summed E-state index contributed by atoms with van der Waals surface area (Å²) in [5.41, 5.74) is -0.138. The molecule has 4 nitrogen and oxygen atoms in total. The van der Waals surface area contributed by atoms with Crippen LogP contribution in [-0.4, -0.2) is 51.1 Å². The molecule has 0 aliphatic carbocycles. The first-order chi connectivity index (χ1) is 7.60. The van der Waals surface area contributed by atoms with E-state index < -0.39 is 0 Å². The summed E-state index contributed by atoms with van der Waals surface area (Å²) in [7, 11) is 4.04. The second-order valence-corrected chi connectivity index (χ2v) is 5.02. The summed E-state index contributed by atoms with van der Waals surface area (Å²) < 4.78 is 0. The lowest BCUT2D eigenvalue weighted by atomic mass is 9.81. The van der Waals surface area contributed by atoms with Crippen LogP contribution in [-0.2, 0) is 4.79 Å². The summed E-state index contributed by atoms with van der Waals surface area (Å²) in [6.45, 7) is 5.61. The fraction of sp³-hybridized carbons (Fsp3) is 0.917. The fourth-order valence-electron chi connectivity index (χ4n) is 2.32. The smallest absolute Gasteiger partial charge is 0.227 e. The Morgan fingerprint density at radius 1 is 1.50 bits per heavy atom. The summed E-state index contributed by atoms with van der Waals surface area (Å²) in [6, 6.07) is 0. The molecule has 0 aromatic carbocycles. The molecule has 1 saturated heterocycles. The SMILES string of the molecule is CCCC1(C(=O)NCCN(C)C)CCNC1. The number of hydrogen-bond acceptors (Lipinski definition) is 3. The van der Waals surface area contributed by atoms with Gasteiger partial charge in [0.05, 0.1) is 5.41 Å². The molecule has 94 valence electrons. The van der Waals surface area contributed by atoms with Crippen LogP contribution in [0.4, 0.5) is 0 Å². The van der Waals surface area contributed by atoms with Gasteiger partial charge >= 0.3 is 0 Å². The van der Waals surface area contributed by atoms with E-state index in [4.69, 9.17) is 0 Å². The molecule has 4 heteroatoms. The van der Waals surface area contributed by atoms with Gasteiger partial charge in [0.25, 0.3) is 0 Å². The maximum absolute atomic E-state index is 12.2. The second kappa shape index (κ2) is 6.21. The minimum Gasteiger partial charge on any atom is -0.354 e. The van der Waals surface area contributed by atoms with Crippen molar-refractivity contribution in [1.82, 2.24) is 15.5 Å². The molecule has 0 spiro atoms. The van der Waals surface area contributed by atoms with E-state index >= 15 is 0 Å². The fourth-order valence-corrected chi connectivity index (χ4v) is 2.32. The lowest BCUT2D eigenvalue weighted by Crippen LogP contribution is -2.44. The van der Waals surface area contributed by atoms with Gasteiger partial charge in [-0.2, -0.15) is 0 Å². The normalized spacial score (nSPS) is 25.0. The number of nitrogens with zero attached hydrogens (tertiary/aromatic N) is 1. The van der Waals surface area contributed by atoms with Crippen LogP contribution < -0.4 is 10.6 Å². The molecule has 1 rings (SSSR count). The zero-order chi connectivity index (χ0) is 12.0. The molecule has 1 fully saturated rings. The van der Waals surface area contributed by atoms with Gasteiger partial charge in [0.1, 0.15) is 0 Å². The first kappa shape index (κ1) is 13.5. The Kier molecular flexibility index (Phi) is 5.22. The third kappa shape index (κ3) is 3.46. The zero-order valence-corrected chi connectivity index (χ0v) is 10.8. The molecule has 1 heterocycles. The Bertz CT molecular complexity index is 222. The zero-order valence-electron chi connectivity index (χ0n) is 10.8. The van der Waals surface area contributed by atoms with E-state index in [0.717, 1.165) is 45.4 Å². The van der Waals surface area contributed by atoms with Crippen LogP contribution in [0.15, 0.2) is 0 Å². The van der Waals surface area contributed by atoms with Crippen molar-refractivity contribution < 1.29 is 4.79 Å². The van der Waals surface area contributed by atoms with Crippen molar-refractivity contribution in [3.8, 4) is 0 Å². The number of amides is 1. The van der Waals surface area contributed by atoms with Crippen LogP contribution in [0.5, 0.6) is 0 Å². The molecule has 1 atom stereocenters. The summed E-state index contributed by atoms with van der Waals surface area (Å²) in [5.74, 6) is 0.237. The monoisotopic (exact) mass is 227 g/mol. The number of carbonyl (C=O) groups excluding carboxylic acids is 1. The number of hydrogen-bond donors (Lipinski definition) is 2. The number of likely N-dealkylation sites (N-methyl/N-ethyl adjacent to an activating group) is 1. The highest BCUT2D eigenvalue weighted by molar-refractivity contribution is 5.83. The van der Waals surface area contributed by atoms with Crippen LogP contribution in [0.1, 0.15) is 26.2 Å². The minimum absolute atomic E-state index is 0.138. The van der Waals surface area contributed by atoms with E-state index in [2.05, 4.69) is 22.5 Å². The summed E-state index contributed by atoms with van der Waals surface area (Å²) in [5, 5.41) is 6.37. The van der Waals surface area contributed by atoms with Crippen molar-refractivity contribution in [2.24, 2.45) is 5.41 Å². The molecule has 0 bridgehead atoms. The predicted molar refractivity (Wildman–Crippen MR) is 66.4 cm³/mol. The van der Waals surface area contributed by atoms with Crippen molar-refractivity contribution in [3.63, 3.8) is 0 Å². The minimum atomic E-state index is -0.138. The van der Waals surface area contributed by atoms with Crippen LogP contribution in [0.3, 0.4) is 0 Å². The van der Waals surface area contributed by atoms with Gasteiger partial charge in [0.2, 0.25) is 5.91 Å². The molecule has 0 radical (unpaired) electrons. The maximum atomic E-state index is 12.2. The van der Waals surface area contributed by atoms with Crippen molar-refractivity contribution in [2.75, 3.05) is 40.3 Å². The van der Waals surface area contributed by atoms with Gasteiger partial charge in [-0.15, -0.1) is 0 Å². The Hall–Kier alpha value is -0.610. The van der Waals surface area contributed by atoms with Gasteiger partial charge in [-0.3, -0.25) is 4.79 Å². The molecule has 1 unspecified atom stereocenters. The molecule has 0 aromatic heterocycles. The van der Waals surface area contributed by atoms with Gasteiger partial charge in [-0.05, 0) is 33.5 Å². The molecule has 1 aliphatic heterocycles. The summed E-state index contributed by atoms with van der Waals surface area (Å²) in [6.07, 6.45) is 3.05. The van der Waals surface area contributed by atoms with Crippen LogP contribution in [0, 0.1) is 5.41 Å². The Labute approximate surface area is 98.8 Å². The van der Waals surface area contributed by atoms with Gasteiger partial charge in [-0.1, -0.05) is 13.3 Å². The van der Waals surface area contributed by atoms with Crippen LogP contribution in [0.25, 0.3) is 0 Å². The Morgan fingerprint density at radius 3 is 2.75 bits per heavy atom. The average Bonchev–Trinajstić information content (AvgIpc) is 2.67. The predicted octanol–water partition coefficient (Wildman–Crippen LogP) is 0.444. The van der Waals surface area contributed by atoms with E-state index in [9.17, 15) is 4.79 Å². The van der Waals surface area contributed by atoms with Gasteiger partial charge in [0, 0.05) is 19.6 Å². The van der Waals surface area contributed by atoms with E-state index in [1.807, 2.05) is 14.1 Å². The van der Waals surface area contributed by atoms with Crippen LogP contribution in [0.2, 0.25) is 0 Å². The third-order valence-electron chi connectivity index (χ3n) is 3.30. The third-order valence-corrected chi connectivity index (χ3v) is 3.30. The molecule has 1 aliphatic rings. The number of nitrogens with one attached hydrogen (secondary N) is 2. The first-order valence-electron chi connectivity index (χ1n) is 6.24. The standard InChI is InChI=1S/C12H25N3O/c1-4-5-12(6-7-13-10-12)11(16)14-8-9-15(2)3/h13H,4-10H2,1-3H3,(H,14,16). The van der Waals surface area contributed by atoms with Crippen molar-refractivity contribution in [3.05, 3.63) is 0 Å². The molecular weight excluding hydrogens is 202 g/mol. The highest BCUT2D eigenvalue weighted by Gasteiger charge is 2.39. The van der Waals surface area contributed by atoms with Gasteiger partial charge in [-0.25, -0.2) is 0 Å². The van der Waals surface area contributed by atoms with Gasteiger partial charge < -0.3 is 15.5 Å². The molecule has 1 amide bonds. The lowest BCUT2D eigenvalue weighted by molar-refractivity contribution is -0.130. The average molecular weight is 227 g/mol. The summed E-state index contributed by atoms with van der Waals surface area (Å²) in [4.78, 5) is 14.3. The molecule has 16 heavy (non-hydrogen) atoms. The topological polar surface area (TPSA) is 44.4 Å². The number of rotatable bonds is 6. The molecule has 2 N–H and O–H groups in total. The highest BCUT2D eigenvalue weighted by Crippen LogP contribution is 2.31. The first-order valence-corrected chi connectivity index (χ1v) is 6.24. The van der Waals surface area contributed by atoms with Crippen molar-refractivity contribution in [1.29, 1.82) is 0 Å². The maximum Gasteiger partial charge on any atom is 0.227 e. The van der Waals surface area contributed by atoms with Crippen molar-refractivity contribution in [2.45, 2.75) is 26.2 Å². The summed E-state index contributed by atoms with van der Waals surface area (Å²) >= 11 is 0. The largest absolute Gasteiger partial charge is 0.354 e. The molecule has 0 aromatic rings. The number of carbonyl (C=O) groups is 1.